The molecule has 21 heavy (non-hydrogen) atoms. The number of carbonyl (C=O) groups excluding carboxylic acids is 1. The highest BCUT2D eigenvalue weighted by atomic mass is 35.5. The lowest BCUT2D eigenvalue weighted by atomic mass is 10.2. The third-order valence-electron chi connectivity index (χ3n) is 2.77. The van der Waals surface area contributed by atoms with Crippen LogP contribution in [0.2, 0.25) is 5.02 Å². The summed E-state index contributed by atoms with van der Waals surface area (Å²) in [6, 6.07) is 14.4. The molecule has 0 bridgehead atoms. The van der Waals surface area contributed by atoms with Crippen LogP contribution in [0.3, 0.4) is 0 Å². The highest BCUT2D eigenvalue weighted by molar-refractivity contribution is 6.30. The molecule has 0 fully saturated rings. The summed E-state index contributed by atoms with van der Waals surface area (Å²) < 4.78 is 5.07. The summed E-state index contributed by atoms with van der Waals surface area (Å²) in [5, 5.41) is 0.696. The van der Waals surface area contributed by atoms with E-state index >= 15 is 0 Å². The van der Waals surface area contributed by atoms with Crippen LogP contribution in [0, 0.1) is 0 Å². The van der Waals surface area contributed by atoms with Gasteiger partial charge in [0, 0.05) is 11.2 Å². The van der Waals surface area contributed by atoms with Crippen molar-refractivity contribution in [3.8, 4) is 0 Å². The van der Waals surface area contributed by atoms with E-state index in [2.05, 4.69) is 4.99 Å². The van der Waals surface area contributed by atoms with Gasteiger partial charge in [0.05, 0.1) is 17.9 Å². The second-order valence-electron chi connectivity index (χ2n) is 4.49. The number of ether oxygens (including phenoxy) is 1. The van der Waals surface area contributed by atoms with Crippen LogP contribution in [0.4, 0.5) is 5.69 Å². The Kier molecular flexibility index (Phi) is 5.52. The van der Waals surface area contributed by atoms with Crippen LogP contribution in [0.15, 0.2) is 53.5 Å². The zero-order valence-corrected chi connectivity index (χ0v) is 12.5. The summed E-state index contributed by atoms with van der Waals surface area (Å²) in [5.74, 6) is -0.301. The van der Waals surface area contributed by atoms with Crippen LogP contribution < -0.4 is 0 Å². The van der Waals surface area contributed by atoms with Gasteiger partial charge < -0.3 is 4.74 Å². The maximum atomic E-state index is 11.7. The molecule has 0 heterocycles. The van der Waals surface area contributed by atoms with E-state index in [4.69, 9.17) is 16.3 Å². The van der Waals surface area contributed by atoms with Crippen molar-refractivity contribution in [3.05, 3.63) is 64.7 Å². The van der Waals surface area contributed by atoms with Gasteiger partial charge in [0.25, 0.3) is 0 Å². The lowest BCUT2D eigenvalue weighted by molar-refractivity contribution is 0.0505. The van der Waals surface area contributed by atoms with Gasteiger partial charge in [0.1, 0.15) is 0 Å². The van der Waals surface area contributed by atoms with Crippen molar-refractivity contribution in [3.63, 3.8) is 0 Å². The number of hydrogen-bond donors (Lipinski definition) is 0. The molecule has 0 aliphatic rings. The maximum absolute atomic E-state index is 11.7. The Hall–Kier alpha value is -2.13. The van der Waals surface area contributed by atoms with Gasteiger partial charge in [-0.1, -0.05) is 30.7 Å². The predicted octanol–water partition coefficient (Wildman–Crippen LogP) is 4.66. The first-order valence-corrected chi connectivity index (χ1v) is 7.13. The SMILES string of the molecule is CCCOC(=O)c1ccc(N=Cc2ccc(Cl)cc2)cc1. The van der Waals surface area contributed by atoms with Gasteiger partial charge in [-0.3, -0.25) is 4.99 Å². The van der Waals surface area contributed by atoms with Gasteiger partial charge in [-0.05, 0) is 48.4 Å². The molecule has 3 nitrogen and oxygen atoms in total. The third kappa shape index (κ3) is 4.72. The van der Waals surface area contributed by atoms with Crippen LogP contribution in [0.25, 0.3) is 0 Å². The topological polar surface area (TPSA) is 38.7 Å². The molecule has 4 heteroatoms. The molecule has 0 saturated heterocycles. The minimum atomic E-state index is -0.301. The number of rotatable bonds is 5. The van der Waals surface area contributed by atoms with Crippen molar-refractivity contribution in [1.29, 1.82) is 0 Å². The van der Waals surface area contributed by atoms with E-state index in [1.807, 2.05) is 31.2 Å². The van der Waals surface area contributed by atoms with E-state index < -0.39 is 0 Å². The molecule has 0 aliphatic carbocycles. The maximum Gasteiger partial charge on any atom is 0.338 e. The lowest BCUT2D eigenvalue weighted by Gasteiger charge is -2.02. The van der Waals surface area contributed by atoms with Crippen molar-refractivity contribution >= 4 is 29.5 Å². The average Bonchev–Trinajstić information content (AvgIpc) is 2.52. The molecular weight excluding hydrogens is 286 g/mol. The van der Waals surface area contributed by atoms with E-state index in [-0.39, 0.29) is 5.97 Å². The summed E-state index contributed by atoms with van der Waals surface area (Å²) in [7, 11) is 0. The molecule has 2 aromatic carbocycles. The number of esters is 1. The number of aliphatic imine (C=N–C) groups is 1. The van der Waals surface area contributed by atoms with Crippen molar-refractivity contribution in [1.82, 2.24) is 0 Å². The first kappa shape index (κ1) is 15.3. The smallest absolute Gasteiger partial charge is 0.338 e. The van der Waals surface area contributed by atoms with Crippen molar-refractivity contribution in [2.75, 3.05) is 6.61 Å². The number of benzene rings is 2. The van der Waals surface area contributed by atoms with Crippen molar-refractivity contribution in [2.45, 2.75) is 13.3 Å². The third-order valence-corrected chi connectivity index (χ3v) is 3.02. The van der Waals surface area contributed by atoms with E-state index in [9.17, 15) is 4.79 Å². The van der Waals surface area contributed by atoms with Crippen LogP contribution in [0.5, 0.6) is 0 Å². The zero-order valence-electron chi connectivity index (χ0n) is 11.8. The fourth-order valence-electron chi connectivity index (χ4n) is 1.66. The van der Waals surface area contributed by atoms with Gasteiger partial charge in [-0.25, -0.2) is 4.79 Å². The van der Waals surface area contributed by atoms with Crippen LogP contribution in [-0.4, -0.2) is 18.8 Å². The normalized spacial score (nSPS) is 10.8. The molecule has 0 radical (unpaired) electrons. The van der Waals surface area contributed by atoms with Crippen molar-refractivity contribution in [2.24, 2.45) is 4.99 Å². The Morgan fingerprint density at radius 2 is 1.81 bits per heavy atom. The average molecular weight is 302 g/mol. The highest BCUT2D eigenvalue weighted by Crippen LogP contribution is 2.15. The summed E-state index contributed by atoms with van der Waals surface area (Å²) in [6.45, 7) is 2.40. The monoisotopic (exact) mass is 301 g/mol. The van der Waals surface area contributed by atoms with Crippen LogP contribution in [-0.2, 0) is 4.74 Å². The van der Waals surface area contributed by atoms with Gasteiger partial charge in [-0.15, -0.1) is 0 Å². The van der Waals surface area contributed by atoms with E-state index in [0.717, 1.165) is 17.7 Å². The molecule has 0 aromatic heterocycles. The summed E-state index contributed by atoms with van der Waals surface area (Å²) in [6.07, 6.45) is 2.57. The molecule has 0 atom stereocenters. The Labute approximate surface area is 129 Å². The van der Waals surface area contributed by atoms with Crippen LogP contribution >= 0.6 is 11.6 Å². The Morgan fingerprint density at radius 3 is 2.43 bits per heavy atom. The first-order chi connectivity index (χ1) is 10.2. The molecular formula is C17H16ClNO2. The lowest BCUT2D eigenvalue weighted by Crippen LogP contribution is -2.05. The number of nitrogens with zero attached hydrogens (tertiary/aromatic N) is 1. The summed E-state index contributed by atoms with van der Waals surface area (Å²) in [5.41, 5.74) is 2.27. The van der Waals surface area contributed by atoms with Gasteiger partial charge >= 0.3 is 5.97 Å². The molecule has 2 aromatic rings. The standard InChI is InChI=1S/C17H16ClNO2/c1-2-11-21-17(20)14-5-9-16(10-6-14)19-12-13-3-7-15(18)8-4-13/h3-10,12H,2,11H2,1H3. The molecule has 0 saturated carbocycles. The summed E-state index contributed by atoms with van der Waals surface area (Å²) >= 11 is 5.82. The molecule has 0 unspecified atom stereocenters. The number of carbonyl (C=O) groups is 1. The molecule has 0 spiro atoms. The minimum absolute atomic E-state index is 0.301. The first-order valence-electron chi connectivity index (χ1n) is 6.76. The van der Waals surface area contributed by atoms with E-state index in [1.54, 1.807) is 30.5 Å². The minimum Gasteiger partial charge on any atom is -0.462 e. The van der Waals surface area contributed by atoms with E-state index in [1.165, 1.54) is 0 Å². The van der Waals surface area contributed by atoms with Crippen molar-refractivity contribution < 1.29 is 9.53 Å². The quantitative estimate of drug-likeness (QED) is 0.595. The van der Waals surface area contributed by atoms with Gasteiger partial charge in [0.15, 0.2) is 0 Å². The molecule has 0 aliphatic heterocycles. The van der Waals surface area contributed by atoms with Crippen LogP contribution in [0.1, 0.15) is 29.3 Å². The fraction of sp³-hybridized carbons (Fsp3) is 0.176. The Morgan fingerprint density at radius 1 is 1.14 bits per heavy atom. The second kappa shape index (κ2) is 7.60. The summed E-state index contributed by atoms with van der Waals surface area (Å²) in [4.78, 5) is 16.0. The Balaban J connectivity index is 2.02. The highest BCUT2D eigenvalue weighted by Gasteiger charge is 2.05. The molecule has 0 N–H and O–H groups in total. The largest absolute Gasteiger partial charge is 0.462 e. The predicted molar refractivity (Wildman–Crippen MR) is 85.7 cm³/mol. The molecule has 0 amide bonds. The molecule has 108 valence electrons. The van der Waals surface area contributed by atoms with Gasteiger partial charge in [-0.2, -0.15) is 0 Å². The molecule has 2 rings (SSSR count). The number of hydrogen-bond acceptors (Lipinski definition) is 3. The van der Waals surface area contributed by atoms with Gasteiger partial charge in [0.2, 0.25) is 0 Å². The number of halogens is 1. The Bertz CT molecular complexity index is 618. The second-order valence-corrected chi connectivity index (χ2v) is 4.93. The fourth-order valence-corrected chi connectivity index (χ4v) is 1.79. The van der Waals surface area contributed by atoms with E-state index in [0.29, 0.717) is 17.2 Å². The zero-order chi connectivity index (χ0) is 15.1.